The topological polar surface area (TPSA) is 107 Å². The van der Waals surface area contributed by atoms with E-state index in [4.69, 9.17) is 10.2 Å². The van der Waals surface area contributed by atoms with E-state index in [1.54, 1.807) is 0 Å². The number of hydrogen-bond donors (Lipinski definition) is 3. The van der Waals surface area contributed by atoms with E-state index in [-0.39, 0.29) is 0 Å². The Balaban J connectivity index is 2.60. The molecule has 0 radical (unpaired) electrons. The van der Waals surface area contributed by atoms with Crippen LogP contribution in [-0.2, 0) is 14.4 Å². The molecule has 1 heterocycles. The van der Waals surface area contributed by atoms with Crippen LogP contribution in [-0.4, -0.2) is 64.8 Å². The molecule has 1 fully saturated rings. The van der Waals surface area contributed by atoms with Crippen molar-refractivity contribution in [2.75, 3.05) is 19.7 Å². The van der Waals surface area contributed by atoms with Crippen molar-refractivity contribution in [1.29, 1.82) is 0 Å². The molecule has 7 nitrogen and oxygen atoms in total. The van der Waals surface area contributed by atoms with Crippen molar-refractivity contribution in [3.63, 3.8) is 0 Å². The Morgan fingerprint density at radius 1 is 1.45 bits per heavy atom. The smallest absolute Gasteiger partial charge is 0.406 e. The van der Waals surface area contributed by atoms with Crippen LogP contribution in [0.25, 0.3) is 0 Å². The molecule has 20 heavy (non-hydrogen) atoms. The van der Waals surface area contributed by atoms with Crippen molar-refractivity contribution in [1.82, 2.24) is 10.2 Å². The highest BCUT2D eigenvalue weighted by Gasteiger charge is 2.41. The lowest BCUT2D eigenvalue weighted by atomic mass is 10.1. The molecular formula is C10H13F3N2O5. The maximum atomic E-state index is 12.2. The lowest BCUT2D eigenvalue weighted by Crippen LogP contribution is -2.46. The first-order valence-corrected chi connectivity index (χ1v) is 5.62. The van der Waals surface area contributed by atoms with Gasteiger partial charge in [0.15, 0.2) is 0 Å². The first-order valence-electron chi connectivity index (χ1n) is 5.62. The van der Waals surface area contributed by atoms with Gasteiger partial charge in [0.25, 0.3) is 0 Å². The number of aliphatic hydroxyl groups excluding tert-OH is 1. The van der Waals surface area contributed by atoms with Crippen LogP contribution in [0.2, 0.25) is 0 Å². The normalized spacial score (nSPS) is 20.9. The molecule has 0 aliphatic carbocycles. The largest absolute Gasteiger partial charge is 0.480 e. The van der Waals surface area contributed by atoms with Crippen LogP contribution in [0.5, 0.6) is 0 Å². The van der Waals surface area contributed by atoms with Gasteiger partial charge in [0.2, 0.25) is 11.8 Å². The van der Waals surface area contributed by atoms with Gasteiger partial charge in [-0.15, -0.1) is 0 Å². The van der Waals surface area contributed by atoms with Crippen molar-refractivity contribution in [3.8, 4) is 0 Å². The lowest BCUT2D eigenvalue weighted by molar-refractivity contribution is -0.157. The van der Waals surface area contributed by atoms with Gasteiger partial charge in [-0.3, -0.25) is 9.59 Å². The zero-order valence-corrected chi connectivity index (χ0v) is 10.2. The van der Waals surface area contributed by atoms with Gasteiger partial charge in [0.1, 0.15) is 12.6 Å². The highest BCUT2D eigenvalue weighted by atomic mass is 19.4. The van der Waals surface area contributed by atoms with Crippen molar-refractivity contribution in [2.45, 2.75) is 18.6 Å². The second-order valence-corrected chi connectivity index (χ2v) is 4.37. The molecule has 1 aliphatic heterocycles. The minimum absolute atomic E-state index is 0.417. The Kier molecular flexibility index (Phi) is 4.93. The summed E-state index contributed by atoms with van der Waals surface area (Å²) in [5, 5.41) is 19.3. The number of nitrogens with one attached hydrogen (secondary N) is 1. The number of carbonyl (C=O) groups excluding carboxylic acids is 2. The Morgan fingerprint density at radius 3 is 2.50 bits per heavy atom. The third kappa shape index (κ3) is 4.37. The molecule has 3 N–H and O–H groups in total. The van der Waals surface area contributed by atoms with E-state index in [2.05, 4.69) is 0 Å². The van der Waals surface area contributed by atoms with Crippen LogP contribution < -0.4 is 5.32 Å². The second kappa shape index (κ2) is 6.07. The summed E-state index contributed by atoms with van der Waals surface area (Å²) in [6.45, 7) is -2.73. The first-order chi connectivity index (χ1) is 9.14. The summed E-state index contributed by atoms with van der Waals surface area (Å²) in [5.74, 6) is -4.22. The molecule has 0 saturated carbocycles. The molecule has 0 spiro atoms. The molecular weight excluding hydrogens is 285 g/mol. The lowest BCUT2D eigenvalue weighted by Gasteiger charge is -2.19. The van der Waals surface area contributed by atoms with Crippen LogP contribution in [0.1, 0.15) is 6.42 Å². The fourth-order valence-corrected chi connectivity index (χ4v) is 1.79. The van der Waals surface area contributed by atoms with E-state index in [0.29, 0.717) is 4.90 Å². The van der Waals surface area contributed by atoms with Gasteiger partial charge in [-0.25, -0.2) is 4.79 Å². The Morgan fingerprint density at radius 2 is 2.05 bits per heavy atom. The molecule has 10 heteroatoms. The average Bonchev–Trinajstić information content (AvgIpc) is 2.65. The predicted octanol–water partition coefficient (Wildman–Crippen LogP) is -1.04. The minimum atomic E-state index is -4.56. The highest BCUT2D eigenvalue weighted by molar-refractivity contribution is 5.91. The first kappa shape index (κ1) is 16.2. The molecule has 0 bridgehead atoms. The monoisotopic (exact) mass is 298 g/mol. The number of alkyl halides is 3. The molecule has 2 amide bonds. The van der Waals surface area contributed by atoms with Gasteiger partial charge in [-0.1, -0.05) is 0 Å². The highest BCUT2D eigenvalue weighted by Crippen LogP contribution is 2.23. The molecule has 1 aliphatic rings. The third-order valence-electron chi connectivity index (χ3n) is 2.75. The summed E-state index contributed by atoms with van der Waals surface area (Å²) in [7, 11) is 0. The number of rotatable bonds is 5. The van der Waals surface area contributed by atoms with Crippen molar-refractivity contribution >= 4 is 17.8 Å². The molecule has 1 rings (SSSR count). The van der Waals surface area contributed by atoms with E-state index in [1.165, 1.54) is 0 Å². The van der Waals surface area contributed by atoms with Crippen molar-refractivity contribution < 1.29 is 37.8 Å². The summed E-state index contributed by atoms with van der Waals surface area (Å²) in [6.07, 6.45) is -4.98. The third-order valence-corrected chi connectivity index (χ3v) is 2.75. The Hall–Kier alpha value is -1.84. The molecule has 0 aromatic rings. The van der Waals surface area contributed by atoms with E-state index in [0.717, 1.165) is 0 Å². The molecule has 1 saturated heterocycles. The average molecular weight is 298 g/mol. The number of aliphatic carboxylic acids is 1. The number of likely N-dealkylation sites (tertiary alicyclic amines) is 1. The zero-order valence-electron chi connectivity index (χ0n) is 10.2. The zero-order chi connectivity index (χ0) is 15.5. The van der Waals surface area contributed by atoms with Crippen LogP contribution in [0.4, 0.5) is 13.2 Å². The number of halogens is 3. The summed E-state index contributed by atoms with van der Waals surface area (Å²) < 4.78 is 36.5. The van der Waals surface area contributed by atoms with E-state index < -0.39 is 62.0 Å². The maximum absolute atomic E-state index is 12.2. The number of carbonyl (C=O) groups is 3. The predicted molar refractivity (Wildman–Crippen MR) is 57.4 cm³/mol. The summed E-state index contributed by atoms with van der Waals surface area (Å²) in [6, 6.07) is -1.55. The van der Waals surface area contributed by atoms with Gasteiger partial charge >= 0.3 is 12.1 Å². The van der Waals surface area contributed by atoms with Crippen LogP contribution in [0.3, 0.4) is 0 Å². The van der Waals surface area contributed by atoms with E-state index in [9.17, 15) is 27.6 Å². The molecule has 114 valence electrons. The quantitative estimate of drug-likeness (QED) is 0.601. The SMILES string of the molecule is O=C(N[C@H](CO)C(=O)O)C1CC(=O)N(CC(F)(F)F)C1. The maximum Gasteiger partial charge on any atom is 0.406 e. The summed E-state index contributed by atoms with van der Waals surface area (Å²) in [5.41, 5.74) is 0. The van der Waals surface area contributed by atoms with Crippen molar-refractivity contribution in [2.24, 2.45) is 5.92 Å². The second-order valence-electron chi connectivity index (χ2n) is 4.37. The van der Waals surface area contributed by atoms with Gasteiger partial charge < -0.3 is 20.4 Å². The van der Waals surface area contributed by atoms with Gasteiger partial charge in [-0.05, 0) is 0 Å². The number of hydrogen-bond acceptors (Lipinski definition) is 4. The van der Waals surface area contributed by atoms with Crippen LogP contribution >= 0.6 is 0 Å². The standard InChI is InChI=1S/C10H13F3N2O5/c11-10(12,13)4-15-2-5(1-7(15)17)8(18)14-6(3-16)9(19)20/h5-6,16H,1-4H2,(H,14,18)(H,19,20)/t5?,6-/m1/s1. The Labute approximate surface area is 111 Å². The molecule has 1 unspecified atom stereocenters. The fourth-order valence-electron chi connectivity index (χ4n) is 1.79. The molecule has 0 aromatic heterocycles. The van der Waals surface area contributed by atoms with Gasteiger partial charge in [0.05, 0.1) is 12.5 Å². The van der Waals surface area contributed by atoms with Crippen LogP contribution in [0.15, 0.2) is 0 Å². The fraction of sp³-hybridized carbons (Fsp3) is 0.700. The van der Waals surface area contributed by atoms with Crippen molar-refractivity contribution in [3.05, 3.63) is 0 Å². The minimum Gasteiger partial charge on any atom is -0.480 e. The number of nitrogens with zero attached hydrogens (tertiary/aromatic N) is 1. The molecule has 2 atom stereocenters. The summed E-state index contributed by atoms with van der Waals surface area (Å²) >= 11 is 0. The molecule has 0 aromatic carbocycles. The number of carboxylic acids is 1. The van der Waals surface area contributed by atoms with Gasteiger partial charge in [0, 0.05) is 13.0 Å². The van der Waals surface area contributed by atoms with E-state index >= 15 is 0 Å². The van der Waals surface area contributed by atoms with Crippen LogP contribution in [0, 0.1) is 5.92 Å². The van der Waals surface area contributed by atoms with Gasteiger partial charge in [-0.2, -0.15) is 13.2 Å². The summed E-state index contributed by atoms with van der Waals surface area (Å²) in [4.78, 5) is 34.1. The number of aliphatic hydroxyl groups is 1. The number of amides is 2. The number of carboxylic acid groups (broad SMARTS) is 1. The Bertz CT molecular complexity index is 412. The van der Waals surface area contributed by atoms with E-state index in [1.807, 2.05) is 5.32 Å².